The van der Waals surface area contributed by atoms with Gasteiger partial charge in [-0.2, -0.15) is 0 Å². The van der Waals surface area contributed by atoms with E-state index in [1.54, 1.807) is 11.0 Å². The molecule has 30 heavy (non-hydrogen) atoms. The molecule has 2 fully saturated rings. The maximum atomic E-state index is 11.7. The largest absolute Gasteiger partial charge is 0.457 e. The number of benzene rings is 2. The molecule has 0 saturated carbocycles. The Morgan fingerprint density at radius 3 is 2.43 bits per heavy atom. The number of carbonyl (C=O) groups is 2. The lowest BCUT2D eigenvalue weighted by molar-refractivity contribution is -0.115. The molecule has 1 atom stereocenters. The van der Waals surface area contributed by atoms with Crippen molar-refractivity contribution in [3.8, 4) is 11.5 Å². The van der Waals surface area contributed by atoms with Crippen LogP contribution in [0.1, 0.15) is 18.1 Å². The van der Waals surface area contributed by atoms with E-state index < -0.39 is 0 Å². The minimum Gasteiger partial charge on any atom is -0.457 e. The molecule has 2 aliphatic heterocycles. The van der Waals surface area contributed by atoms with Crippen molar-refractivity contribution < 1.29 is 19.1 Å². The lowest BCUT2D eigenvalue weighted by atomic mass is 10.1. The van der Waals surface area contributed by atoms with Crippen LogP contribution in [0, 0.1) is 0 Å². The number of nitrogens with one attached hydrogen (secondary N) is 1. The fraction of sp³-hybridized carbons (Fsp3) is 0.227. The van der Waals surface area contributed by atoms with Crippen molar-refractivity contribution in [1.82, 2.24) is 10.2 Å². The van der Waals surface area contributed by atoms with Crippen molar-refractivity contribution in [3.63, 3.8) is 0 Å². The molecule has 0 spiro atoms. The van der Waals surface area contributed by atoms with E-state index in [-0.39, 0.29) is 18.0 Å². The Labute approximate surface area is 184 Å². The van der Waals surface area contributed by atoms with Gasteiger partial charge in [-0.25, -0.2) is 4.79 Å². The van der Waals surface area contributed by atoms with Crippen LogP contribution in [-0.4, -0.2) is 40.4 Å². The van der Waals surface area contributed by atoms with Gasteiger partial charge in [-0.3, -0.25) is 4.79 Å². The molecule has 0 radical (unpaired) electrons. The predicted octanol–water partition coefficient (Wildman–Crippen LogP) is 4.35. The first-order valence-corrected chi connectivity index (χ1v) is 10.8. The highest BCUT2D eigenvalue weighted by molar-refractivity contribution is 8.26. The van der Waals surface area contributed by atoms with Crippen LogP contribution >= 0.6 is 24.0 Å². The number of rotatable bonds is 6. The summed E-state index contributed by atoms with van der Waals surface area (Å²) in [6.07, 6.45) is 2.31. The highest BCUT2D eigenvalue weighted by atomic mass is 32.2. The van der Waals surface area contributed by atoms with Crippen LogP contribution < -0.4 is 10.1 Å². The molecule has 1 N–H and O–H groups in total. The second kappa shape index (κ2) is 8.89. The van der Waals surface area contributed by atoms with Gasteiger partial charge in [0.05, 0.1) is 10.9 Å². The summed E-state index contributed by atoms with van der Waals surface area (Å²) >= 11 is 6.26. The Bertz CT molecular complexity index is 1000. The van der Waals surface area contributed by atoms with Gasteiger partial charge in [-0.1, -0.05) is 48.2 Å². The lowest BCUT2D eigenvalue weighted by Crippen LogP contribution is -2.34. The smallest absolute Gasteiger partial charge is 0.410 e. The summed E-state index contributed by atoms with van der Waals surface area (Å²) in [4.78, 5) is 25.7. The van der Waals surface area contributed by atoms with Gasteiger partial charge in [0.2, 0.25) is 0 Å². The molecule has 2 heterocycles. The molecule has 2 saturated heterocycles. The molecule has 0 aromatic heterocycles. The number of hydrogen-bond acceptors (Lipinski definition) is 6. The zero-order valence-corrected chi connectivity index (χ0v) is 17.9. The molecule has 154 valence electrons. The summed E-state index contributed by atoms with van der Waals surface area (Å²) in [7, 11) is 0. The second-order valence-corrected chi connectivity index (χ2v) is 8.61. The number of hydrogen-bond donors (Lipinski definition) is 1. The van der Waals surface area contributed by atoms with E-state index >= 15 is 0 Å². The highest BCUT2D eigenvalue weighted by Crippen LogP contribution is 2.28. The highest BCUT2D eigenvalue weighted by Gasteiger charge is 2.31. The molecular weight excluding hydrogens is 420 g/mol. The van der Waals surface area contributed by atoms with E-state index in [9.17, 15) is 9.59 Å². The molecule has 2 amide bonds. The first kappa shape index (κ1) is 20.4. The number of thioether (sulfide) groups is 1. The molecule has 0 aliphatic carbocycles. The zero-order valence-electron chi connectivity index (χ0n) is 16.3. The minimum atomic E-state index is -0.239. The third-order valence-electron chi connectivity index (χ3n) is 4.87. The average Bonchev–Trinajstić information content (AvgIpc) is 3.25. The van der Waals surface area contributed by atoms with Gasteiger partial charge < -0.3 is 19.7 Å². The molecule has 2 aromatic rings. The Balaban J connectivity index is 1.37. The Morgan fingerprint density at radius 1 is 1.17 bits per heavy atom. The van der Waals surface area contributed by atoms with Crippen LogP contribution in [0.4, 0.5) is 4.79 Å². The summed E-state index contributed by atoms with van der Waals surface area (Å²) in [6, 6.07) is 15.4. The van der Waals surface area contributed by atoms with Crippen LogP contribution in [0.15, 0.2) is 53.4 Å². The van der Waals surface area contributed by atoms with E-state index in [1.165, 1.54) is 11.8 Å². The molecule has 1 unspecified atom stereocenters. The molecule has 6 nitrogen and oxygen atoms in total. The van der Waals surface area contributed by atoms with Gasteiger partial charge in [0, 0.05) is 6.54 Å². The SMILES string of the molecule is CCN1C(=O)OCC1Cc1ccc(Oc2ccc(/C=C3/SC(=S)NC3=O)cc2)cc1. The fourth-order valence-corrected chi connectivity index (χ4v) is 4.40. The van der Waals surface area contributed by atoms with Gasteiger partial charge in [-0.05, 0) is 54.8 Å². The van der Waals surface area contributed by atoms with Crippen molar-refractivity contribution in [2.75, 3.05) is 13.2 Å². The van der Waals surface area contributed by atoms with E-state index in [0.717, 1.165) is 23.3 Å². The van der Waals surface area contributed by atoms with Crippen molar-refractivity contribution in [1.29, 1.82) is 0 Å². The summed E-state index contributed by atoms with van der Waals surface area (Å²) in [5.74, 6) is 1.27. The number of cyclic esters (lactones) is 1. The van der Waals surface area contributed by atoms with Crippen LogP contribution in [0.5, 0.6) is 11.5 Å². The van der Waals surface area contributed by atoms with Gasteiger partial charge in [-0.15, -0.1) is 0 Å². The van der Waals surface area contributed by atoms with Crippen LogP contribution in [0.3, 0.4) is 0 Å². The van der Waals surface area contributed by atoms with Crippen LogP contribution in [0.2, 0.25) is 0 Å². The monoisotopic (exact) mass is 440 g/mol. The average molecular weight is 441 g/mol. The number of likely N-dealkylation sites (N-methyl/N-ethyl adjacent to an activating group) is 1. The van der Waals surface area contributed by atoms with Crippen molar-refractivity contribution in [2.45, 2.75) is 19.4 Å². The van der Waals surface area contributed by atoms with Crippen molar-refractivity contribution in [3.05, 3.63) is 64.6 Å². The number of amides is 2. The quantitative estimate of drug-likeness (QED) is 0.532. The standard InChI is InChI=1S/C22H20N2O4S2/c1-2-24-16(13-27-22(24)26)11-14-3-7-17(8-4-14)28-18-9-5-15(6-10-18)12-19-20(25)23-21(29)30-19/h3-10,12,16H,2,11,13H2,1H3,(H,23,25,29)/b19-12+. The third kappa shape index (κ3) is 4.66. The lowest BCUT2D eigenvalue weighted by Gasteiger charge is -2.19. The predicted molar refractivity (Wildman–Crippen MR) is 120 cm³/mol. The third-order valence-corrected chi connectivity index (χ3v) is 6.03. The van der Waals surface area contributed by atoms with E-state index in [0.29, 0.717) is 28.1 Å². The number of thiocarbonyl (C=S) groups is 1. The van der Waals surface area contributed by atoms with Crippen molar-refractivity contribution >= 4 is 46.4 Å². The molecule has 8 heteroatoms. The maximum Gasteiger partial charge on any atom is 0.410 e. The van der Waals surface area contributed by atoms with E-state index in [2.05, 4.69) is 5.32 Å². The van der Waals surface area contributed by atoms with Gasteiger partial charge in [0.25, 0.3) is 5.91 Å². The second-order valence-electron chi connectivity index (χ2n) is 6.89. The Hall–Kier alpha value is -2.84. The van der Waals surface area contributed by atoms with Gasteiger partial charge >= 0.3 is 6.09 Å². The Kier molecular flexibility index (Phi) is 6.06. The molecular formula is C22H20N2O4S2. The van der Waals surface area contributed by atoms with Gasteiger partial charge in [0.15, 0.2) is 0 Å². The van der Waals surface area contributed by atoms with Crippen LogP contribution in [-0.2, 0) is 16.0 Å². The number of carbonyl (C=O) groups excluding carboxylic acids is 2. The van der Waals surface area contributed by atoms with E-state index in [1.807, 2.05) is 55.5 Å². The first-order chi connectivity index (χ1) is 14.5. The topological polar surface area (TPSA) is 67.9 Å². The zero-order chi connectivity index (χ0) is 21.1. The molecule has 0 bridgehead atoms. The summed E-state index contributed by atoms with van der Waals surface area (Å²) in [5, 5.41) is 2.60. The Morgan fingerprint density at radius 2 is 1.83 bits per heavy atom. The first-order valence-electron chi connectivity index (χ1n) is 9.57. The normalized spacial score (nSPS) is 19.9. The number of ether oxygens (including phenoxy) is 2. The van der Waals surface area contributed by atoms with E-state index in [4.69, 9.17) is 21.7 Å². The minimum absolute atomic E-state index is 0.0744. The summed E-state index contributed by atoms with van der Waals surface area (Å²) < 4.78 is 11.5. The molecule has 2 aliphatic rings. The van der Waals surface area contributed by atoms with Gasteiger partial charge in [0.1, 0.15) is 22.4 Å². The maximum absolute atomic E-state index is 11.7. The van der Waals surface area contributed by atoms with Crippen LogP contribution in [0.25, 0.3) is 6.08 Å². The summed E-state index contributed by atoms with van der Waals surface area (Å²) in [6.45, 7) is 3.03. The number of nitrogens with zero attached hydrogens (tertiary/aromatic N) is 1. The molecule has 4 rings (SSSR count). The van der Waals surface area contributed by atoms with Crippen molar-refractivity contribution in [2.24, 2.45) is 0 Å². The summed E-state index contributed by atoms with van der Waals surface area (Å²) in [5.41, 5.74) is 2.02. The fourth-order valence-electron chi connectivity index (χ4n) is 3.35. The molecule has 2 aromatic carbocycles.